The van der Waals surface area contributed by atoms with Crippen molar-refractivity contribution in [3.05, 3.63) is 35.9 Å². The summed E-state index contributed by atoms with van der Waals surface area (Å²) in [5, 5.41) is 17.3. The zero-order chi connectivity index (χ0) is 13.6. The summed E-state index contributed by atoms with van der Waals surface area (Å²) in [4.78, 5) is 11.3. The first kappa shape index (κ1) is 12.0. The van der Waals surface area contributed by atoms with Crippen LogP contribution in [0.3, 0.4) is 0 Å². The minimum atomic E-state index is -0.969. The zero-order valence-electron chi connectivity index (χ0n) is 10.9. The third-order valence-corrected chi connectivity index (χ3v) is 4.33. The Kier molecular flexibility index (Phi) is 2.53. The Labute approximate surface area is 111 Å². The molecule has 0 amide bonds. The molecule has 0 aliphatic carbocycles. The Balaban J connectivity index is 1.91. The van der Waals surface area contributed by atoms with Crippen LogP contribution in [0, 0.1) is 0 Å². The summed E-state index contributed by atoms with van der Waals surface area (Å²) in [6, 6.07) is 10.4. The van der Waals surface area contributed by atoms with Gasteiger partial charge in [0.05, 0.1) is 6.42 Å². The van der Waals surface area contributed by atoms with Crippen LogP contribution in [0.4, 0.5) is 0 Å². The molecule has 19 heavy (non-hydrogen) atoms. The minimum Gasteiger partial charge on any atom is -0.472 e. The molecule has 98 valence electrons. The van der Waals surface area contributed by atoms with Gasteiger partial charge in [0.25, 0.3) is 0 Å². The summed E-state index contributed by atoms with van der Waals surface area (Å²) in [7, 11) is 0. The fraction of sp³-hybridized carbons (Fsp3) is 0.357. The van der Waals surface area contributed by atoms with Gasteiger partial charge in [0.15, 0.2) is 12.1 Å². The van der Waals surface area contributed by atoms with Crippen molar-refractivity contribution in [2.24, 2.45) is 10.2 Å². The number of quaternary nitrogens is 1. The van der Waals surface area contributed by atoms with Crippen molar-refractivity contribution in [2.75, 3.05) is 0 Å². The second kappa shape index (κ2) is 3.99. The van der Waals surface area contributed by atoms with Gasteiger partial charge in [-0.25, -0.2) is 9.28 Å². The van der Waals surface area contributed by atoms with Crippen LogP contribution in [0.2, 0.25) is 0 Å². The van der Waals surface area contributed by atoms with Crippen LogP contribution < -0.4 is 0 Å². The van der Waals surface area contributed by atoms with E-state index >= 15 is 0 Å². The lowest BCUT2D eigenvalue weighted by atomic mass is 10.1. The van der Waals surface area contributed by atoms with E-state index in [0.717, 1.165) is 11.4 Å². The molecule has 2 heterocycles. The normalized spacial score (nSPS) is 32.1. The van der Waals surface area contributed by atoms with Crippen molar-refractivity contribution < 1.29 is 14.4 Å². The third-order valence-electron chi connectivity index (χ3n) is 4.33. The second-order valence-corrected chi connectivity index (χ2v) is 5.17. The number of rotatable bonds is 3. The lowest BCUT2D eigenvalue weighted by Crippen LogP contribution is -2.44. The first-order valence-corrected chi connectivity index (χ1v) is 6.39. The number of carboxylic acid groups (broad SMARTS) is 1. The van der Waals surface area contributed by atoms with Crippen molar-refractivity contribution in [1.82, 2.24) is 0 Å². The van der Waals surface area contributed by atoms with Crippen LogP contribution in [0.5, 0.6) is 0 Å². The molecule has 1 aromatic rings. The van der Waals surface area contributed by atoms with Crippen molar-refractivity contribution in [3.8, 4) is 0 Å². The second-order valence-electron chi connectivity index (χ2n) is 5.17. The van der Waals surface area contributed by atoms with Crippen LogP contribution in [0.25, 0.3) is 0 Å². The molecule has 5 nitrogen and oxygen atoms in total. The molecule has 1 aromatic carbocycles. The van der Waals surface area contributed by atoms with Gasteiger partial charge in [-0.1, -0.05) is 40.5 Å². The van der Waals surface area contributed by atoms with E-state index in [1.165, 1.54) is 0 Å². The number of amidine groups is 2. The van der Waals surface area contributed by atoms with Crippen molar-refractivity contribution >= 4 is 17.6 Å². The molecule has 0 radical (unpaired) electrons. The molecule has 1 N–H and O–H groups in total. The molecule has 1 fully saturated rings. The van der Waals surface area contributed by atoms with E-state index in [2.05, 4.69) is 24.1 Å². The highest BCUT2D eigenvalue weighted by atomic mass is 16.4. The largest absolute Gasteiger partial charge is 0.472 e. The van der Waals surface area contributed by atoms with E-state index in [1.54, 1.807) is 0 Å². The number of benzene rings is 1. The summed E-state index contributed by atoms with van der Waals surface area (Å²) in [6.07, 6.45) is 0.649. The van der Waals surface area contributed by atoms with Gasteiger partial charge >= 0.3 is 11.8 Å². The minimum absolute atomic E-state index is 0.158. The standard InChI is InChI=1S/C14H15N3O2/c1-9-10(2)17(9)12(15-16-13(17)14(18)19)8-11-6-4-3-5-7-11/h3-7,9-10H,8H2,1-2H3/p+1/t9-,10?,17?/m0/s1. The molecular weight excluding hydrogens is 242 g/mol. The lowest BCUT2D eigenvalue weighted by molar-refractivity contribution is -0.619. The SMILES string of the molecule is CC1[C@H](C)[N+]12C(Cc1ccccc1)=NN=C2C(=O)O. The fourth-order valence-corrected chi connectivity index (χ4v) is 3.06. The highest BCUT2D eigenvalue weighted by Crippen LogP contribution is 2.44. The number of hydrogen-bond acceptors (Lipinski definition) is 3. The first-order valence-electron chi connectivity index (χ1n) is 6.39. The van der Waals surface area contributed by atoms with Gasteiger partial charge in [0.2, 0.25) is 5.84 Å². The highest BCUT2D eigenvalue weighted by Gasteiger charge is 2.71. The Morgan fingerprint density at radius 2 is 1.84 bits per heavy atom. The quantitative estimate of drug-likeness (QED) is 0.662. The van der Waals surface area contributed by atoms with Gasteiger partial charge < -0.3 is 5.11 Å². The average molecular weight is 258 g/mol. The molecule has 2 aliphatic rings. The van der Waals surface area contributed by atoms with Gasteiger partial charge in [-0.2, -0.15) is 0 Å². The molecule has 0 aromatic heterocycles. The first-order chi connectivity index (χ1) is 9.08. The smallest absolute Gasteiger partial charge is 0.413 e. The summed E-state index contributed by atoms with van der Waals surface area (Å²) in [6.45, 7) is 4.10. The van der Waals surface area contributed by atoms with E-state index in [9.17, 15) is 9.90 Å². The third kappa shape index (κ3) is 1.55. The lowest BCUT2D eigenvalue weighted by Gasteiger charge is -2.15. The Hall–Kier alpha value is -2.01. The highest BCUT2D eigenvalue weighted by molar-refractivity contribution is 6.34. The molecule has 0 saturated carbocycles. The molecule has 5 heteroatoms. The van der Waals surface area contributed by atoms with Crippen molar-refractivity contribution in [3.63, 3.8) is 0 Å². The van der Waals surface area contributed by atoms with Crippen LogP contribution in [-0.2, 0) is 11.2 Å². The van der Waals surface area contributed by atoms with Crippen molar-refractivity contribution in [1.29, 1.82) is 0 Å². The van der Waals surface area contributed by atoms with E-state index in [-0.39, 0.29) is 17.9 Å². The Bertz CT molecular complexity index is 584. The van der Waals surface area contributed by atoms with Gasteiger partial charge in [-0.15, -0.1) is 0 Å². The summed E-state index contributed by atoms with van der Waals surface area (Å²) in [5.41, 5.74) is 1.13. The monoisotopic (exact) mass is 258 g/mol. The summed E-state index contributed by atoms with van der Waals surface area (Å²) in [5.74, 6) is 0.0255. The molecule has 3 rings (SSSR count). The van der Waals surface area contributed by atoms with Gasteiger partial charge in [0.1, 0.15) is 0 Å². The van der Waals surface area contributed by atoms with Crippen LogP contribution >= 0.6 is 0 Å². The van der Waals surface area contributed by atoms with Crippen molar-refractivity contribution in [2.45, 2.75) is 32.4 Å². The zero-order valence-corrected chi connectivity index (χ0v) is 10.9. The van der Waals surface area contributed by atoms with Crippen LogP contribution in [0.1, 0.15) is 19.4 Å². The maximum absolute atomic E-state index is 11.3. The molecular formula is C14H16N3O2+. The van der Waals surface area contributed by atoms with Crippen LogP contribution in [0.15, 0.2) is 40.5 Å². The van der Waals surface area contributed by atoms with E-state index in [1.807, 2.05) is 30.3 Å². The molecule has 2 aliphatic heterocycles. The van der Waals surface area contributed by atoms with Gasteiger partial charge in [-0.3, -0.25) is 0 Å². The average Bonchev–Trinajstić information content (AvgIpc) is 2.78. The number of nitrogens with zero attached hydrogens (tertiary/aromatic N) is 3. The maximum Gasteiger partial charge on any atom is 0.413 e. The maximum atomic E-state index is 11.3. The van der Waals surface area contributed by atoms with Gasteiger partial charge in [-0.05, 0) is 19.4 Å². The van der Waals surface area contributed by atoms with E-state index in [4.69, 9.17) is 0 Å². The Morgan fingerprint density at radius 3 is 2.37 bits per heavy atom. The molecule has 3 atom stereocenters. The summed E-state index contributed by atoms with van der Waals surface area (Å²) >= 11 is 0. The molecule has 1 spiro atoms. The number of aliphatic carboxylic acids is 1. The molecule has 2 unspecified atom stereocenters. The predicted octanol–water partition coefficient (Wildman–Crippen LogP) is 1.65. The van der Waals surface area contributed by atoms with Crippen LogP contribution in [-0.4, -0.2) is 39.3 Å². The van der Waals surface area contributed by atoms with E-state index in [0.29, 0.717) is 10.9 Å². The number of carboxylic acids is 1. The topological polar surface area (TPSA) is 62.0 Å². The Morgan fingerprint density at radius 1 is 1.21 bits per heavy atom. The fourth-order valence-electron chi connectivity index (χ4n) is 3.06. The van der Waals surface area contributed by atoms with Gasteiger partial charge in [0, 0.05) is 0 Å². The number of carbonyl (C=O) groups is 1. The predicted molar refractivity (Wildman–Crippen MR) is 71.8 cm³/mol. The van der Waals surface area contributed by atoms with E-state index < -0.39 is 5.97 Å². The number of hydrogen-bond donors (Lipinski definition) is 1. The molecule has 1 saturated heterocycles. The molecule has 0 bridgehead atoms. The summed E-state index contributed by atoms with van der Waals surface area (Å²) < 4.78 is 0.324.